The maximum Gasteiger partial charge on any atom is 0.347 e. The van der Waals surface area contributed by atoms with E-state index in [1.54, 1.807) is 13.8 Å². The molecule has 0 heterocycles. The molecule has 21 heteroatoms. The van der Waals surface area contributed by atoms with Crippen molar-refractivity contribution >= 4 is 53.5 Å². The first kappa shape index (κ1) is 49.0. The van der Waals surface area contributed by atoms with Crippen LogP contribution in [0.2, 0.25) is 0 Å². The smallest absolute Gasteiger partial charge is 0.347 e. The van der Waals surface area contributed by atoms with E-state index in [2.05, 4.69) is 20.9 Å². The van der Waals surface area contributed by atoms with Crippen molar-refractivity contribution in [2.45, 2.75) is 136 Å². The lowest BCUT2D eigenvalue weighted by Crippen LogP contribution is -2.54. The molecule has 0 aliphatic heterocycles. The summed E-state index contributed by atoms with van der Waals surface area (Å²) in [6.07, 6.45) is -4.62. The van der Waals surface area contributed by atoms with Gasteiger partial charge in [0.25, 0.3) is 5.91 Å². The highest BCUT2D eigenvalue weighted by molar-refractivity contribution is 5.92. The number of hydrogen-bond acceptors (Lipinski definition) is 15. The number of esters is 4. The van der Waals surface area contributed by atoms with Gasteiger partial charge in [0, 0.05) is 6.54 Å². The van der Waals surface area contributed by atoms with Gasteiger partial charge in [-0.2, -0.15) is 0 Å². The molecule has 0 unspecified atom stereocenters. The van der Waals surface area contributed by atoms with Crippen LogP contribution in [0.1, 0.15) is 87.0 Å². The summed E-state index contributed by atoms with van der Waals surface area (Å²) in [7, 11) is 0. The largest absolute Gasteiger partial charge is 0.480 e. The van der Waals surface area contributed by atoms with Gasteiger partial charge in [-0.15, -0.1) is 0 Å². The van der Waals surface area contributed by atoms with Crippen LogP contribution in [0.15, 0.2) is 4.99 Å². The Kier molecular flexibility index (Phi) is 22.7. The van der Waals surface area contributed by atoms with Crippen molar-refractivity contribution in [2.75, 3.05) is 13.1 Å². The quantitative estimate of drug-likeness (QED) is 0.0161. The molecule has 0 fully saturated rings. The number of ether oxygens (including phenoxy) is 4. The number of aliphatic carboxylic acids is 1. The molecule has 21 nitrogen and oxygen atoms in total. The van der Waals surface area contributed by atoms with Crippen molar-refractivity contribution in [2.24, 2.45) is 33.8 Å². The minimum absolute atomic E-state index is 0.0836. The average Bonchev–Trinajstić information content (AvgIpc) is 3.07. The summed E-state index contributed by atoms with van der Waals surface area (Å²) in [5.74, 6) is -8.31. The monoisotopic (exact) mass is 774 g/mol. The first-order valence-corrected chi connectivity index (χ1v) is 17.6. The van der Waals surface area contributed by atoms with E-state index in [-0.39, 0.29) is 37.7 Å². The second kappa shape index (κ2) is 25.1. The summed E-state index contributed by atoms with van der Waals surface area (Å²) in [6.45, 7) is 10.1. The topological polar surface area (TPSA) is 346 Å². The maximum atomic E-state index is 13.2. The summed E-state index contributed by atoms with van der Waals surface area (Å²) in [5.41, 5.74) is 21.7. The third kappa shape index (κ3) is 19.7. The number of nitrogens with zero attached hydrogens (tertiary/aromatic N) is 1. The van der Waals surface area contributed by atoms with Crippen molar-refractivity contribution in [3.05, 3.63) is 0 Å². The van der Waals surface area contributed by atoms with E-state index < -0.39 is 96.2 Å². The number of hydrogen-bond donors (Lipinski definition) is 8. The van der Waals surface area contributed by atoms with Gasteiger partial charge in [-0.05, 0) is 85.6 Å². The fraction of sp³-hybridized carbons (Fsp3) is 0.727. The number of carbonyl (C=O) groups excluding carboxylic acids is 7. The highest BCUT2D eigenvalue weighted by Crippen LogP contribution is 2.12. The number of aliphatic imine (C=N–C) groups is 1. The van der Waals surface area contributed by atoms with Crippen LogP contribution in [0, 0.1) is 5.92 Å². The molecule has 0 saturated carbocycles. The SMILES string of the molecule is CC(C)C[C@H](NC(=O)[C@H](CCCN=C(N)N)NC(=O)[C@H](C)N)C(=O)O[C@H](C)C(=O)O[C@H](C)C(=O)O[C@H](C)C(=O)O[C@H](C)C(=O)N[C@@H](CCCCN)C(=O)O. The Labute approximate surface area is 314 Å². The van der Waals surface area contributed by atoms with Gasteiger partial charge in [-0.25, -0.2) is 24.0 Å². The van der Waals surface area contributed by atoms with Crippen LogP contribution < -0.4 is 38.9 Å². The lowest BCUT2D eigenvalue weighted by Gasteiger charge is -2.25. The van der Waals surface area contributed by atoms with Gasteiger partial charge in [0.15, 0.2) is 30.4 Å². The van der Waals surface area contributed by atoms with Gasteiger partial charge < -0.3 is 62.9 Å². The van der Waals surface area contributed by atoms with Gasteiger partial charge in [-0.3, -0.25) is 19.4 Å². The maximum absolute atomic E-state index is 13.2. The molecule has 308 valence electrons. The Hall–Kier alpha value is -5.05. The zero-order chi connectivity index (χ0) is 41.7. The Balaban J connectivity index is 5.33. The average molecular weight is 775 g/mol. The Morgan fingerprint density at radius 1 is 0.593 bits per heavy atom. The molecule has 0 bridgehead atoms. The number of nitrogens with two attached hydrogens (primary N) is 4. The third-order valence-corrected chi connectivity index (χ3v) is 7.40. The van der Waals surface area contributed by atoms with E-state index in [4.69, 9.17) is 41.9 Å². The zero-order valence-electron chi connectivity index (χ0n) is 32.0. The number of carbonyl (C=O) groups is 8. The van der Waals surface area contributed by atoms with E-state index in [0.717, 1.165) is 13.8 Å². The lowest BCUT2D eigenvalue weighted by molar-refractivity contribution is -0.183. The third-order valence-electron chi connectivity index (χ3n) is 7.40. The molecule has 0 spiro atoms. The normalized spacial score (nSPS) is 15.4. The van der Waals surface area contributed by atoms with Gasteiger partial charge >= 0.3 is 29.8 Å². The Morgan fingerprint density at radius 2 is 1.04 bits per heavy atom. The molecule has 0 aliphatic rings. The molecule has 0 radical (unpaired) electrons. The van der Waals surface area contributed by atoms with Crippen molar-refractivity contribution in [3.63, 3.8) is 0 Å². The lowest BCUT2D eigenvalue weighted by atomic mass is 10.0. The number of unbranched alkanes of at least 4 members (excludes halogenated alkanes) is 1. The number of guanidine groups is 1. The predicted octanol–water partition coefficient (Wildman–Crippen LogP) is -2.17. The van der Waals surface area contributed by atoms with Crippen molar-refractivity contribution in [1.82, 2.24) is 16.0 Å². The fourth-order valence-corrected chi connectivity index (χ4v) is 4.34. The van der Waals surface area contributed by atoms with Crippen molar-refractivity contribution in [1.29, 1.82) is 0 Å². The number of amides is 3. The van der Waals surface area contributed by atoms with Crippen molar-refractivity contribution < 1.29 is 62.4 Å². The number of carboxylic acid groups (broad SMARTS) is 1. The molecule has 0 rings (SSSR count). The van der Waals surface area contributed by atoms with E-state index in [1.807, 2.05) is 0 Å². The van der Waals surface area contributed by atoms with E-state index >= 15 is 0 Å². The van der Waals surface area contributed by atoms with Crippen LogP contribution in [0.5, 0.6) is 0 Å². The Bertz CT molecular complexity index is 1320. The molecule has 0 aromatic heterocycles. The molecule has 54 heavy (non-hydrogen) atoms. The van der Waals surface area contributed by atoms with Gasteiger partial charge in [-0.1, -0.05) is 13.8 Å². The predicted molar refractivity (Wildman–Crippen MR) is 192 cm³/mol. The number of carboxylic acids is 1. The fourth-order valence-electron chi connectivity index (χ4n) is 4.34. The van der Waals surface area contributed by atoms with Crippen LogP contribution in [-0.4, -0.2) is 120 Å². The number of nitrogens with one attached hydrogen (secondary N) is 3. The zero-order valence-corrected chi connectivity index (χ0v) is 32.0. The van der Waals surface area contributed by atoms with E-state index in [9.17, 15) is 43.5 Å². The van der Waals surface area contributed by atoms with E-state index in [0.29, 0.717) is 25.8 Å². The Morgan fingerprint density at radius 3 is 1.48 bits per heavy atom. The minimum atomic E-state index is -1.60. The van der Waals surface area contributed by atoms with Crippen LogP contribution in [0.3, 0.4) is 0 Å². The molecule has 8 atom stereocenters. The first-order valence-electron chi connectivity index (χ1n) is 17.6. The minimum Gasteiger partial charge on any atom is -0.480 e. The van der Waals surface area contributed by atoms with Gasteiger partial charge in [0.2, 0.25) is 11.8 Å². The molecule has 12 N–H and O–H groups in total. The van der Waals surface area contributed by atoms with Gasteiger partial charge in [0.1, 0.15) is 18.1 Å². The van der Waals surface area contributed by atoms with Crippen LogP contribution in [0.4, 0.5) is 0 Å². The molecule has 0 aliphatic carbocycles. The summed E-state index contributed by atoms with van der Waals surface area (Å²) < 4.78 is 20.3. The van der Waals surface area contributed by atoms with Crippen LogP contribution in [0.25, 0.3) is 0 Å². The molecular formula is C33H58N8O13. The molecular weight excluding hydrogens is 716 g/mol. The molecule has 0 aromatic carbocycles. The summed E-state index contributed by atoms with van der Waals surface area (Å²) in [6, 6.07) is -4.54. The van der Waals surface area contributed by atoms with Crippen LogP contribution >= 0.6 is 0 Å². The number of rotatable bonds is 25. The molecule has 0 aromatic rings. The standard InChI is InChI=1S/C33H58N8O13/c1-16(2)15-24(41-27(44)22(39-25(42)17(3)35)12-10-14-38-33(36)37)32(50)54-21(7)31(49)53-20(6)30(48)52-19(5)29(47)51-18(4)26(43)40-23(28(45)46)11-8-9-13-34/h16-24H,8-15,34-35H2,1-7H3,(H,39,42)(H,40,43)(H,41,44)(H,45,46)(H4,36,37,38)/t17-,18+,19+,20+,21+,22-,23-,24-/m0/s1. The second-order valence-corrected chi connectivity index (χ2v) is 13.0. The second-order valence-electron chi connectivity index (χ2n) is 13.0. The molecule has 0 saturated heterocycles. The highest BCUT2D eigenvalue weighted by Gasteiger charge is 2.34. The van der Waals surface area contributed by atoms with E-state index in [1.165, 1.54) is 20.8 Å². The highest BCUT2D eigenvalue weighted by atomic mass is 16.6. The summed E-state index contributed by atoms with van der Waals surface area (Å²) in [5, 5.41) is 16.7. The molecule has 3 amide bonds. The van der Waals surface area contributed by atoms with Crippen molar-refractivity contribution in [3.8, 4) is 0 Å². The van der Waals surface area contributed by atoms with Gasteiger partial charge in [0.05, 0.1) is 6.04 Å². The van der Waals surface area contributed by atoms with Crippen LogP contribution in [-0.2, 0) is 57.3 Å². The summed E-state index contributed by atoms with van der Waals surface area (Å²) >= 11 is 0. The first-order chi connectivity index (χ1) is 25.1. The summed E-state index contributed by atoms with van der Waals surface area (Å²) in [4.78, 5) is 104.